The molecule has 4 rings (SSSR count). The van der Waals surface area contributed by atoms with Gasteiger partial charge in [-0.3, -0.25) is 19.9 Å². The maximum atomic E-state index is 13.0. The van der Waals surface area contributed by atoms with Crippen LogP contribution in [-0.2, 0) is 4.79 Å². The number of rotatable bonds is 1. The molecule has 0 unspecified atom stereocenters. The number of hydrogen-bond acceptors (Lipinski definition) is 4. The summed E-state index contributed by atoms with van der Waals surface area (Å²) in [4.78, 5) is 42.7. The van der Waals surface area contributed by atoms with Gasteiger partial charge < -0.3 is 10.2 Å². The zero-order valence-electron chi connectivity index (χ0n) is 13.8. The molecule has 0 aliphatic carbocycles. The molecule has 2 fully saturated rings. The predicted molar refractivity (Wildman–Crippen MR) is 91.0 cm³/mol. The van der Waals surface area contributed by atoms with E-state index in [-0.39, 0.29) is 11.8 Å². The highest BCUT2D eigenvalue weighted by Gasteiger charge is 2.48. The average Bonchev–Trinajstić information content (AvgIpc) is 2.87. The van der Waals surface area contributed by atoms with Crippen molar-refractivity contribution in [2.45, 2.75) is 25.3 Å². The van der Waals surface area contributed by atoms with Gasteiger partial charge in [0, 0.05) is 24.2 Å². The van der Waals surface area contributed by atoms with E-state index in [1.165, 1.54) is 0 Å². The molecule has 2 aromatic rings. The molecule has 1 aromatic heterocycles. The Morgan fingerprint density at radius 3 is 2.60 bits per heavy atom. The standard InChI is InChI=1S/C18H18N4O3/c1-11-10-13(12-4-2-3-5-14(12)19-11)15(23)22-8-6-18(7-9-22)16(24)20-17(25)21-18/h2-5,10H,6-9H2,1H3,(H2,20,21,24,25). The van der Waals surface area contributed by atoms with Gasteiger partial charge in [-0.2, -0.15) is 0 Å². The van der Waals surface area contributed by atoms with Crippen LogP contribution >= 0.6 is 0 Å². The van der Waals surface area contributed by atoms with Crippen LogP contribution in [0.15, 0.2) is 30.3 Å². The topological polar surface area (TPSA) is 91.4 Å². The number of carbonyl (C=O) groups excluding carboxylic acids is 3. The van der Waals surface area contributed by atoms with E-state index in [1.807, 2.05) is 31.2 Å². The van der Waals surface area contributed by atoms with Crippen molar-refractivity contribution in [1.29, 1.82) is 0 Å². The minimum atomic E-state index is -0.871. The predicted octanol–water partition coefficient (Wildman–Crippen LogP) is 1.36. The SMILES string of the molecule is Cc1cc(C(=O)N2CCC3(CC2)NC(=O)NC3=O)c2ccccc2n1. The number of pyridine rings is 1. The minimum absolute atomic E-state index is 0.0683. The van der Waals surface area contributed by atoms with Crippen LogP contribution < -0.4 is 10.6 Å². The highest BCUT2D eigenvalue weighted by Crippen LogP contribution is 2.27. The first-order valence-corrected chi connectivity index (χ1v) is 8.28. The number of piperidine rings is 1. The third-order valence-electron chi connectivity index (χ3n) is 4.99. The van der Waals surface area contributed by atoms with Crippen LogP contribution in [-0.4, -0.2) is 46.4 Å². The second-order valence-electron chi connectivity index (χ2n) is 6.61. The molecule has 3 heterocycles. The second kappa shape index (κ2) is 5.54. The van der Waals surface area contributed by atoms with Crippen molar-refractivity contribution in [2.24, 2.45) is 0 Å². The molecule has 0 radical (unpaired) electrons. The number of hydrogen-bond donors (Lipinski definition) is 2. The van der Waals surface area contributed by atoms with Crippen LogP contribution in [0.2, 0.25) is 0 Å². The summed E-state index contributed by atoms with van der Waals surface area (Å²) < 4.78 is 0. The fourth-order valence-electron chi connectivity index (χ4n) is 3.63. The highest BCUT2D eigenvalue weighted by molar-refractivity contribution is 6.08. The fraction of sp³-hybridized carbons (Fsp3) is 0.333. The summed E-state index contributed by atoms with van der Waals surface area (Å²) in [5.41, 5.74) is 1.34. The maximum Gasteiger partial charge on any atom is 0.322 e. The van der Waals surface area contributed by atoms with Gasteiger partial charge in [-0.15, -0.1) is 0 Å². The number of fused-ring (bicyclic) bond motifs is 1. The Labute approximate surface area is 144 Å². The number of nitrogens with zero attached hydrogens (tertiary/aromatic N) is 2. The lowest BCUT2D eigenvalue weighted by Gasteiger charge is -2.37. The molecule has 0 atom stereocenters. The molecule has 2 N–H and O–H groups in total. The first-order chi connectivity index (χ1) is 12.0. The average molecular weight is 338 g/mol. The normalized spacial score (nSPS) is 19.2. The molecule has 128 valence electrons. The number of aromatic nitrogens is 1. The molecule has 2 aliphatic rings. The van der Waals surface area contributed by atoms with Crippen LogP contribution in [0.25, 0.3) is 10.9 Å². The lowest BCUT2D eigenvalue weighted by molar-refractivity contribution is -0.125. The lowest BCUT2D eigenvalue weighted by atomic mass is 9.87. The van der Waals surface area contributed by atoms with E-state index in [4.69, 9.17) is 0 Å². The Morgan fingerprint density at radius 1 is 1.20 bits per heavy atom. The first kappa shape index (κ1) is 15.6. The smallest absolute Gasteiger partial charge is 0.322 e. The summed E-state index contributed by atoms with van der Waals surface area (Å²) in [6.07, 6.45) is 0.830. The van der Waals surface area contributed by atoms with Gasteiger partial charge in [-0.05, 0) is 31.9 Å². The molecule has 7 nitrogen and oxygen atoms in total. The van der Waals surface area contributed by atoms with Gasteiger partial charge >= 0.3 is 6.03 Å². The van der Waals surface area contributed by atoms with Gasteiger partial charge in [0.1, 0.15) is 5.54 Å². The quantitative estimate of drug-likeness (QED) is 0.768. The van der Waals surface area contributed by atoms with Crippen LogP contribution in [0, 0.1) is 6.92 Å². The summed E-state index contributed by atoms with van der Waals surface area (Å²) in [6.45, 7) is 2.71. The molecular formula is C18H18N4O3. The van der Waals surface area contributed by atoms with E-state index in [1.54, 1.807) is 11.0 Å². The summed E-state index contributed by atoms with van der Waals surface area (Å²) >= 11 is 0. The summed E-state index contributed by atoms with van der Waals surface area (Å²) in [7, 11) is 0. The van der Waals surface area contributed by atoms with Crippen molar-refractivity contribution in [2.75, 3.05) is 13.1 Å². The van der Waals surface area contributed by atoms with Gasteiger partial charge in [-0.25, -0.2) is 4.79 Å². The lowest BCUT2D eigenvalue weighted by Crippen LogP contribution is -2.55. The number of carbonyl (C=O) groups is 3. The molecule has 2 aliphatic heterocycles. The van der Waals surface area contributed by atoms with Gasteiger partial charge in [-0.1, -0.05) is 18.2 Å². The van der Waals surface area contributed by atoms with Gasteiger partial charge in [0.05, 0.1) is 11.1 Å². The Kier molecular flexibility index (Phi) is 3.45. The zero-order chi connectivity index (χ0) is 17.6. The Balaban J connectivity index is 1.59. The van der Waals surface area contributed by atoms with Crippen molar-refractivity contribution >= 4 is 28.7 Å². The Hall–Kier alpha value is -2.96. The highest BCUT2D eigenvalue weighted by atomic mass is 16.2. The third-order valence-corrected chi connectivity index (χ3v) is 4.99. The number of para-hydroxylation sites is 1. The molecule has 0 bridgehead atoms. The van der Waals surface area contributed by atoms with Crippen molar-refractivity contribution in [1.82, 2.24) is 20.5 Å². The zero-order valence-corrected chi connectivity index (χ0v) is 13.8. The molecule has 1 aromatic carbocycles. The van der Waals surface area contributed by atoms with E-state index < -0.39 is 11.6 Å². The molecule has 25 heavy (non-hydrogen) atoms. The summed E-state index contributed by atoms with van der Waals surface area (Å²) in [5.74, 6) is -0.365. The van der Waals surface area contributed by atoms with E-state index in [0.29, 0.717) is 31.5 Å². The third kappa shape index (κ3) is 2.52. The maximum absolute atomic E-state index is 13.0. The van der Waals surface area contributed by atoms with Crippen LogP contribution in [0.5, 0.6) is 0 Å². The molecule has 4 amide bonds. The first-order valence-electron chi connectivity index (χ1n) is 8.28. The number of nitrogens with one attached hydrogen (secondary N) is 2. The Bertz CT molecular complexity index is 900. The van der Waals surface area contributed by atoms with Crippen LogP contribution in [0.4, 0.5) is 4.79 Å². The fourth-order valence-corrected chi connectivity index (χ4v) is 3.63. The largest absolute Gasteiger partial charge is 0.338 e. The molecular weight excluding hydrogens is 320 g/mol. The minimum Gasteiger partial charge on any atom is -0.338 e. The van der Waals surface area contributed by atoms with Gasteiger partial charge in [0.2, 0.25) is 0 Å². The molecule has 7 heteroatoms. The van der Waals surface area contributed by atoms with Crippen molar-refractivity contribution in [3.05, 3.63) is 41.6 Å². The Morgan fingerprint density at radius 2 is 1.92 bits per heavy atom. The van der Waals surface area contributed by atoms with E-state index in [0.717, 1.165) is 16.6 Å². The van der Waals surface area contributed by atoms with E-state index in [2.05, 4.69) is 15.6 Å². The van der Waals surface area contributed by atoms with Crippen molar-refractivity contribution in [3.8, 4) is 0 Å². The second-order valence-corrected chi connectivity index (χ2v) is 6.61. The van der Waals surface area contributed by atoms with Crippen LogP contribution in [0.1, 0.15) is 28.9 Å². The summed E-state index contributed by atoms with van der Waals surface area (Å²) in [6, 6.07) is 8.92. The van der Waals surface area contributed by atoms with Crippen LogP contribution in [0.3, 0.4) is 0 Å². The summed E-state index contributed by atoms with van der Waals surface area (Å²) in [5, 5.41) is 5.82. The van der Waals surface area contributed by atoms with Gasteiger partial charge in [0.15, 0.2) is 0 Å². The number of urea groups is 1. The molecule has 1 spiro atoms. The number of aryl methyl sites for hydroxylation is 1. The monoisotopic (exact) mass is 338 g/mol. The number of amides is 4. The number of likely N-dealkylation sites (tertiary alicyclic amines) is 1. The van der Waals surface area contributed by atoms with Crippen molar-refractivity contribution in [3.63, 3.8) is 0 Å². The van der Waals surface area contributed by atoms with Crippen molar-refractivity contribution < 1.29 is 14.4 Å². The number of imide groups is 1. The van der Waals surface area contributed by atoms with E-state index in [9.17, 15) is 14.4 Å². The molecule has 2 saturated heterocycles. The van der Waals surface area contributed by atoms with Gasteiger partial charge in [0.25, 0.3) is 11.8 Å². The van der Waals surface area contributed by atoms with E-state index >= 15 is 0 Å². The number of benzene rings is 1. The molecule has 0 saturated carbocycles.